The van der Waals surface area contributed by atoms with E-state index in [1.165, 1.54) is 19.1 Å². The summed E-state index contributed by atoms with van der Waals surface area (Å²) in [6.45, 7) is 3.64. The van der Waals surface area contributed by atoms with Gasteiger partial charge in [0.1, 0.15) is 11.8 Å². The average molecular weight is 498 g/mol. The molecule has 0 aliphatic heterocycles. The molecule has 3 atom stereocenters. The van der Waals surface area contributed by atoms with Crippen LogP contribution in [-0.2, 0) is 32.0 Å². The number of benzene rings is 2. The molecule has 10 heteroatoms. The van der Waals surface area contributed by atoms with Crippen molar-refractivity contribution in [1.82, 2.24) is 21.3 Å². The van der Waals surface area contributed by atoms with Crippen LogP contribution in [0, 0.1) is 0 Å². The van der Waals surface area contributed by atoms with Crippen LogP contribution in [0.4, 0.5) is 0 Å². The molecule has 0 aliphatic carbocycles. The second kappa shape index (κ2) is 14.6. The molecule has 2 aromatic rings. The van der Waals surface area contributed by atoms with Crippen LogP contribution in [0.25, 0.3) is 0 Å². The molecule has 0 fully saturated rings. The quantitative estimate of drug-likeness (QED) is 0.229. The number of phenolic OH excluding ortho intramolecular Hbond substituents is 1. The number of imide groups is 1. The molecule has 2 aromatic carbocycles. The van der Waals surface area contributed by atoms with Gasteiger partial charge >= 0.3 is 0 Å². The van der Waals surface area contributed by atoms with Gasteiger partial charge in [-0.1, -0.05) is 49.4 Å². The lowest BCUT2D eigenvalue weighted by atomic mass is 10.1. The first-order valence-corrected chi connectivity index (χ1v) is 11.9. The second-order valence-corrected chi connectivity index (χ2v) is 8.53. The normalized spacial score (nSPS) is 13.2. The zero-order valence-corrected chi connectivity index (χ0v) is 20.6. The summed E-state index contributed by atoms with van der Waals surface area (Å²) in [5.74, 6) is -2.15. The fourth-order valence-corrected chi connectivity index (χ4v) is 3.38. The van der Waals surface area contributed by atoms with Crippen molar-refractivity contribution in [2.45, 2.75) is 51.2 Å². The number of hydrogen-bond acceptors (Lipinski definition) is 7. The summed E-state index contributed by atoms with van der Waals surface area (Å²) >= 11 is 0. The van der Waals surface area contributed by atoms with Gasteiger partial charge < -0.3 is 26.8 Å². The Labute approximate surface area is 211 Å². The van der Waals surface area contributed by atoms with Gasteiger partial charge in [0.05, 0.1) is 18.6 Å². The second-order valence-electron chi connectivity index (χ2n) is 8.53. The predicted molar refractivity (Wildman–Crippen MR) is 136 cm³/mol. The molecule has 194 valence electrons. The highest BCUT2D eigenvalue weighted by atomic mass is 16.3. The Kier molecular flexibility index (Phi) is 11.5. The van der Waals surface area contributed by atoms with Gasteiger partial charge in [-0.15, -0.1) is 0 Å². The Morgan fingerprint density at radius 3 is 2.17 bits per heavy atom. The Hall–Kier alpha value is -3.76. The van der Waals surface area contributed by atoms with Crippen molar-refractivity contribution < 1.29 is 24.3 Å². The van der Waals surface area contributed by atoms with Crippen LogP contribution < -0.4 is 27.0 Å². The van der Waals surface area contributed by atoms with Crippen LogP contribution >= 0.6 is 0 Å². The molecule has 0 aliphatic rings. The zero-order valence-electron chi connectivity index (χ0n) is 20.6. The minimum absolute atomic E-state index is 0.108. The molecule has 4 amide bonds. The smallest absolute Gasteiger partial charge is 0.245 e. The van der Waals surface area contributed by atoms with E-state index in [0.29, 0.717) is 13.0 Å². The van der Waals surface area contributed by atoms with E-state index in [2.05, 4.69) is 21.3 Å². The third-order valence-electron chi connectivity index (χ3n) is 5.41. The first-order chi connectivity index (χ1) is 17.2. The number of carbonyl (C=O) groups is 4. The highest BCUT2D eigenvalue weighted by Gasteiger charge is 2.23. The summed E-state index contributed by atoms with van der Waals surface area (Å²) in [5, 5.41) is 19.7. The first kappa shape index (κ1) is 28.5. The van der Waals surface area contributed by atoms with Gasteiger partial charge in [-0.25, -0.2) is 0 Å². The van der Waals surface area contributed by atoms with Gasteiger partial charge in [0.2, 0.25) is 23.6 Å². The van der Waals surface area contributed by atoms with Gasteiger partial charge in [-0.3, -0.25) is 24.5 Å². The van der Waals surface area contributed by atoms with E-state index >= 15 is 0 Å². The van der Waals surface area contributed by atoms with E-state index in [0.717, 1.165) is 17.5 Å². The van der Waals surface area contributed by atoms with Crippen molar-refractivity contribution >= 4 is 23.6 Å². The summed E-state index contributed by atoms with van der Waals surface area (Å²) in [6, 6.07) is 13.3. The van der Waals surface area contributed by atoms with Gasteiger partial charge in [0.15, 0.2) is 0 Å². The maximum absolute atomic E-state index is 12.6. The summed E-state index contributed by atoms with van der Waals surface area (Å²) in [6.07, 6.45) is 1.46. The molecule has 0 radical (unpaired) electrons. The third kappa shape index (κ3) is 9.85. The third-order valence-corrected chi connectivity index (χ3v) is 5.41. The molecule has 0 bridgehead atoms. The Bertz CT molecular complexity index is 1010. The van der Waals surface area contributed by atoms with Crippen molar-refractivity contribution in [1.29, 1.82) is 0 Å². The van der Waals surface area contributed by atoms with E-state index in [9.17, 15) is 24.3 Å². The SMILES string of the molecule is CCCN[C@@H](Cc1ccccc1)C(=O)NC(=O)CNC(=O)[C@@H](C)NC(=O)[C@@H](N)Cc1ccc(O)cc1. The van der Waals surface area contributed by atoms with Crippen molar-refractivity contribution in [3.63, 3.8) is 0 Å². The number of carbonyl (C=O) groups excluding carboxylic acids is 4. The van der Waals surface area contributed by atoms with Gasteiger partial charge in [-0.2, -0.15) is 0 Å². The van der Waals surface area contributed by atoms with Crippen molar-refractivity contribution in [3.05, 3.63) is 65.7 Å². The minimum atomic E-state index is -0.941. The number of amides is 4. The largest absolute Gasteiger partial charge is 0.508 e. The van der Waals surface area contributed by atoms with Crippen LogP contribution in [0.15, 0.2) is 54.6 Å². The summed E-state index contributed by atoms with van der Waals surface area (Å²) in [4.78, 5) is 49.6. The number of nitrogens with one attached hydrogen (secondary N) is 4. The number of phenols is 1. The number of nitrogens with two attached hydrogens (primary N) is 1. The number of hydrogen-bond donors (Lipinski definition) is 6. The van der Waals surface area contributed by atoms with Crippen LogP contribution in [0.3, 0.4) is 0 Å². The van der Waals surface area contributed by atoms with Crippen molar-refractivity contribution in [2.75, 3.05) is 13.1 Å². The van der Waals surface area contributed by atoms with Crippen LogP contribution in [0.1, 0.15) is 31.4 Å². The Morgan fingerprint density at radius 2 is 1.53 bits per heavy atom. The topological polar surface area (TPSA) is 163 Å². The molecule has 10 nitrogen and oxygen atoms in total. The lowest BCUT2D eigenvalue weighted by Gasteiger charge is -2.19. The number of rotatable bonds is 13. The molecule has 0 unspecified atom stereocenters. The van der Waals surface area contributed by atoms with Crippen LogP contribution in [0.5, 0.6) is 5.75 Å². The number of aromatic hydroxyl groups is 1. The average Bonchev–Trinajstić information content (AvgIpc) is 2.86. The fourth-order valence-electron chi connectivity index (χ4n) is 3.38. The molecular weight excluding hydrogens is 462 g/mol. The molecule has 36 heavy (non-hydrogen) atoms. The standard InChI is InChI=1S/C26H35N5O5/c1-3-13-28-22(15-18-7-5-4-6-8-18)26(36)31-23(33)16-29-24(34)17(2)30-25(35)21(27)14-19-9-11-20(32)12-10-19/h4-12,17,21-22,28,32H,3,13-16,27H2,1-2H3,(H,29,34)(H,30,35)(H,31,33,36)/t17-,21+,22+/m1/s1. The molecule has 7 N–H and O–H groups in total. The maximum Gasteiger partial charge on any atom is 0.245 e. The summed E-state index contributed by atoms with van der Waals surface area (Å²) in [7, 11) is 0. The van der Waals surface area contributed by atoms with E-state index in [-0.39, 0.29) is 12.2 Å². The van der Waals surface area contributed by atoms with Crippen molar-refractivity contribution in [3.8, 4) is 5.75 Å². The Balaban J connectivity index is 1.79. The van der Waals surface area contributed by atoms with Gasteiger partial charge in [0.25, 0.3) is 0 Å². The van der Waals surface area contributed by atoms with E-state index in [1.807, 2.05) is 37.3 Å². The predicted octanol–water partition coefficient (Wildman–Crippen LogP) is 0.137. The van der Waals surface area contributed by atoms with Crippen molar-refractivity contribution in [2.24, 2.45) is 5.73 Å². The van der Waals surface area contributed by atoms with Crippen LogP contribution in [-0.4, -0.2) is 60.0 Å². The fraction of sp³-hybridized carbons (Fsp3) is 0.385. The summed E-state index contributed by atoms with van der Waals surface area (Å²) in [5.41, 5.74) is 7.63. The first-order valence-electron chi connectivity index (χ1n) is 11.9. The molecule has 0 spiro atoms. The zero-order chi connectivity index (χ0) is 26.5. The van der Waals surface area contributed by atoms with E-state index in [4.69, 9.17) is 5.73 Å². The highest BCUT2D eigenvalue weighted by Crippen LogP contribution is 2.11. The maximum atomic E-state index is 12.6. The van der Waals surface area contributed by atoms with E-state index in [1.54, 1.807) is 12.1 Å². The molecule has 2 rings (SSSR count). The Morgan fingerprint density at radius 1 is 0.889 bits per heavy atom. The summed E-state index contributed by atoms with van der Waals surface area (Å²) < 4.78 is 0. The van der Waals surface area contributed by atoms with E-state index < -0.39 is 48.3 Å². The molecule has 0 heterocycles. The lowest BCUT2D eigenvalue weighted by Crippen LogP contribution is -2.53. The molecular formula is C26H35N5O5. The molecule has 0 saturated heterocycles. The van der Waals surface area contributed by atoms with Gasteiger partial charge in [-0.05, 0) is 56.0 Å². The minimum Gasteiger partial charge on any atom is -0.508 e. The monoisotopic (exact) mass is 497 g/mol. The van der Waals surface area contributed by atoms with Crippen LogP contribution in [0.2, 0.25) is 0 Å². The molecule has 0 aromatic heterocycles. The highest BCUT2D eigenvalue weighted by molar-refractivity contribution is 6.00. The van der Waals surface area contributed by atoms with Gasteiger partial charge in [0, 0.05) is 0 Å². The lowest BCUT2D eigenvalue weighted by molar-refractivity contribution is -0.133. The molecule has 0 saturated carbocycles.